The first kappa shape index (κ1) is 16.1. The van der Waals surface area contributed by atoms with Crippen LogP contribution < -0.4 is 5.32 Å². The first-order valence-corrected chi connectivity index (χ1v) is 8.31. The molecule has 0 saturated heterocycles. The average Bonchev–Trinajstić information content (AvgIpc) is 3.05. The van der Waals surface area contributed by atoms with Crippen LogP contribution in [0.3, 0.4) is 0 Å². The van der Waals surface area contributed by atoms with Crippen LogP contribution >= 0.6 is 0 Å². The summed E-state index contributed by atoms with van der Waals surface area (Å²) in [4.78, 5) is 23.3. The lowest BCUT2D eigenvalue weighted by molar-refractivity contribution is -0.116. The lowest BCUT2D eigenvalue weighted by atomic mass is 9.87. The van der Waals surface area contributed by atoms with Crippen molar-refractivity contribution in [2.24, 2.45) is 0 Å². The molecule has 2 N–H and O–H groups in total. The van der Waals surface area contributed by atoms with Crippen LogP contribution in [0.2, 0.25) is 0 Å². The molecule has 0 saturated carbocycles. The molecule has 1 aliphatic rings. The van der Waals surface area contributed by atoms with Crippen LogP contribution in [0.5, 0.6) is 0 Å². The minimum absolute atomic E-state index is 0.0846. The lowest BCUT2D eigenvalue weighted by Crippen LogP contribution is -2.24. The molecule has 130 valence electrons. The maximum Gasteiger partial charge on any atom is 0.335 e. The molecule has 0 unspecified atom stereocenters. The summed E-state index contributed by atoms with van der Waals surface area (Å²) in [7, 11) is 0. The van der Waals surface area contributed by atoms with E-state index in [4.69, 9.17) is 5.11 Å². The van der Waals surface area contributed by atoms with Gasteiger partial charge in [-0.15, -0.1) is 0 Å². The quantitative estimate of drug-likeness (QED) is 0.761. The number of fused-ring (bicyclic) bond motifs is 1. The molecule has 1 amide bonds. The standard InChI is InChI=1S/C20H17N3O3/c1-12-2-8-15(9-3-12)23-19-17(11-21-23)16(10-18(24)22-19)13-4-6-14(7-5-13)20(25)26/h2-9,11,16H,10H2,1H3,(H,22,24)(H,25,26)/t16-/m0/s1. The Morgan fingerprint density at radius 3 is 2.50 bits per heavy atom. The van der Waals surface area contributed by atoms with Gasteiger partial charge in [-0.2, -0.15) is 5.10 Å². The fourth-order valence-electron chi connectivity index (χ4n) is 3.26. The smallest absolute Gasteiger partial charge is 0.335 e. The molecular formula is C20H17N3O3. The summed E-state index contributed by atoms with van der Waals surface area (Å²) < 4.78 is 1.73. The van der Waals surface area contributed by atoms with E-state index in [0.717, 1.165) is 22.4 Å². The zero-order valence-corrected chi connectivity index (χ0v) is 14.1. The number of anilines is 1. The van der Waals surface area contributed by atoms with Gasteiger partial charge in [0.15, 0.2) is 0 Å². The Bertz CT molecular complexity index is 988. The molecule has 2 aromatic carbocycles. The summed E-state index contributed by atoms with van der Waals surface area (Å²) >= 11 is 0. The van der Waals surface area contributed by atoms with Gasteiger partial charge in [-0.1, -0.05) is 29.8 Å². The van der Waals surface area contributed by atoms with Gasteiger partial charge in [-0.3, -0.25) is 4.79 Å². The van der Waals surface area contributed by atoms with Crippen molar-refractivity contribution in [3.8, 4) is 5.69 Å². The number of carbonyl (C=O) groups is 2. The van der Waals surface area contributed by atoms with Gasteiger partial charge in [0, 0.05) is 17.9 Å². The van der Waals surface area contributed by atoms with Gasteiger partial charge >= 0.3 is 5.97 Å². The van der Waals surface area contributed by atoms with Gasteiger partial charge in [-0.05, 0) is 36.8 Å². The van der Waals surface area contributed by atoms with Crippen LogP contribution in [0.25, 0.3) is 5.69 Å². The van der Waals surface area contributed by atoms with Gasteiger partial charge in [0.2, 0.25) is 5.91 Å². The van der Waals surface area contributed by atoms with E-state index >= 15 is 0 Å². The van der Waals surface area contributed by atoms with Crippen molar-refractivity contribution in [2.75, 3.05) is 5.32 Å². The molecule has 1 aliphatic heterocycles. The van der Waals surface area contributed by atoms with E-state index in [1.54, 1.807) is 35.1 Å². The molecule has 6 heteroatoms. The lowest BCUT2D eigenvalue weighted by Gasteiger charge is -2.24. The van der Waals surface area contributed by atoms with Gasteiger partial charge in [0.25, 0.3) is 0 Å². The molecular weight excluding hydrogens is 330 g/mol. The van der Waals surface area contributed by atoms with Crippen LogP contribution in [0.4, 0.5) is 5.82 Å². The number of aryl methyl sites for hydroxylation is 1. The van der Waals surface area contributed by atoms with Crippen molar-refractivity contribution < 1.29 is 14.7 Å². The van der Waals surface area contributed by atoms with E-state index in [1.807, 2.05) is 31.2 Å². The third-order valence-electron chi connectivity index (χ3n) is 4.66. The van der Waals surface area contributed by atoms with Gasteiger partial charge in [0.05, 0.1) is 17.4 Å². The minimum Gasteiger partial charge on any atom is -0.478 e. The molecule has 26 heavy (non-hydrogen) atoms. The molecule has 0 bridgehead atoms. The van der Waals surface area contributed by atoms with Crippen LogP contribution in [0.15, 0.2) is 54.7 Å². The van der Waals surface area contributed by atoms with Crippen molar-refractivity contribution in [1.29, 1.82) is 0 Å². The first-order chi connectivity index (χ1) is 12.5. The van der Waals surface area contributed by atoms with E-state index in [9.17, 15) is 9.59 Å². The minimum atomic E-state index is -0.967. The Labute approximate surface area is 150 Å². The van der Waals surface area contributed by atoms with Crippen molar-refractivity contribution in [3.05, 3.63) is 77.0 Å². The molecule has 2 heterocycles. The van der Waals surface area contributed by atoms with Crippen LogP contribution in [-0.2, 0) is 4.79 Å². The van der Waals surface area contributed by atoms with Gasteiger partial charge in [0.1, 0.15) is 5.82 Å². The number of amides is 1. The Morgan fingerprint density at radius 2 is 1.85 bits per heavy atom. The third kappa shape index (κ3) is 2.75. The third-order valence-corrected chi connectivity index (χ3v) is 4.66. The SMILES string of the molecule is Cc1ccc(-n2ncc3c2NC(=O)C[C@H]3c2ccc(C(=O)O)cc2)cc1. The van der Waals surface area contributed by atoms with E-state index in [1.165, 1.54) is 0 Å². The van der Waals surface area contributed by atoms with Crippen LogP contribution in [0, 0.1) is 6.92 Å². The number of rotatable bonds is 3. The number of aromatic nitrogens is 2. The van der Waals surface area contributed by atoms with E-state index in [-0.39, 0.29) is 17.4 Å². The molecule has 6 nitrogen and oxygen atoms in total. The second-order valence-corrected chi connectivity index (χ2v) is 6.43. The fraction of sp³-hybridized carbons (Fsp3) is 0.150. The van der Waals surface area contributed by atoms with Crippen molar-refractivity contribution in [2.45, 2.75) is 19.3 Å². The number of nitrogens with zero attached hydrogens (tertiary/aromatic N) is 2. The highest BCUT2D eigenvalue weighted by molar-refractivity contribution is 5.94. The topological polar surface area (TPSA) is 84.2 Å². The maximum absolute atomic E-state index is 12.3. The summed E-state index contributed by atoms with van der Waals surface area (Å²) in [5.41, 5.74) is 4.07. The summed E-state index contributed by atoms with van der Waals surface area (Å²) in [6.45, 7) is 2.01. The maximum atomic E-state index is 12.3. The number of carboxylic acid groups (broad SMARTS) is 1. The summed E-state index contributed by atoms with van der Waals surface area (Å²) in [5.74, 6) is -0.539. The molecule has 1 atom stereocenters. The zero-order chi connectivity index (χ0) is 18.3. The average molecular weight is 347 g/mol. The predicted octanol–water partition coefficient (Wildman–Crippen LogP) is 3.35. The summed E-state index contributed by atoms with van der Waals surface area (Å²) in [5, 5.41) is 16.4. The number of benzene rings is 2. The highest BCUT2D eigenvalue weighted by Crippen LogP contribution is 2.38. The number of aromatic carboxylic acids is 1. The molecule has 0 aliphatic carbocycles. The molecule has 4 rings (SSSR count). The Hall–Kier alpha value is -3.41. The number of hydrogen-bond donors (Lipinski definition) is 2. The summed E-state index contributed by atoms with van der Waals surface area (Å²) in [6.07, 6.45) is 2.07. The Balaban J connectivity index is 1.76. The molecule has 0 fully saturated rings. The van der Waals surface area contributed by atoms with E-state index in [2.05, 4.69) is 10.4 Å². The normalized spacial score (nSPS) is 16.0. The van der Waals surface area contributed by atoms with Crippen LogP contribution in [0.1, 0.15) is 39.4 Å². The number of hydrogen-bond acceptors (Lipinski definition) is 3. The predicted molar refractivity (Wildman–Crippen MR) is 96.8 cm³/mol. The number of carboxylic acids is 1. The highest BCUT2D eigenvalue weighted by atomic mass is 16.4. The van der Waals surface area contributed by atoms with Gasteiger partial charge in [-0.25, -0.2) is 9.48 Å². The highest BCUT2D eigenvalue weighted by Gasteiger charge is 2.30. The monoisotopic (exact) mass is 347 g/mol. The Morgan fingerprint density at radius 1 is 1.15 bits per heavy atom. The van der Waals surface area contributed by atoms with Crippen molar-refractivity contribution >= 4 is 17.7 Å². The molecule has 3 aromatic rings. The molecule has 1 aromatic heterocycles. The molecule has 0 radical (unpaired) electrons. The zero-order valence-electron chi connectivity index (χ0n) is 14.1. The number of carbonyl (C=O) groups excluding carboxylic acids is 1. The first-order valence-electron chi connectivity index (χ1n) is 8.31. The fourth-order valence-corrected chi connectivity index (χ4v) is 3.26. The second-order valence-electron chi connectivity index (χ2n) is 6.43. The van der Waals surface area contributed by atoms with Crippen molar-refractivity contribution in [3.63, 3.8) is 0 Å². The Kier molecular flexibility index (Phi) is 3.80. The van der Waals surface area contributed by atoms with E-state index in [0.29, 0.717) is 12.2 Å². The summed E-state index contributed by atoms with van der Waals surface area (Å²) in [6, 6.07) is 14.6. The second kappa shape index (κ2) is 6.15. The number of nitrogens with one attached hydrogen (secondary N) is 1. The molecule has 0 spiro atoms. The van der Waals surface area contributed by atoms with Crippen LogP contribution in [-0.4, -0.2) is 26.8 Å². The van der Waals surface area contributed by atoms with E-state index < -0.39 is 5.97 Å². The largest absolute Gasteiger partial charge is 0.478 e. The van der Waals surface area contributed by atoms with Gasteiger partial charge < -0.3 is 10.4 Å². The van der Waals surface area contributed by atoms with Crippen molar-refractivity contribution in [1.82, 2.24) is 9.78 Å².